The summed E-state index contributed by atoms with van der Waals surface area (Å²) < 4.78 is 12.9. The Bertz CT molecular complexity index is 503. The number of hydrogen-bond acceptors (Lipinski definition) is 1. The lowest BCUT2D eigenvalue weighted by atomic mass is 9.87. The Morgan fingerprint density at radius 3 is 2.26 bits per heavy atom. The van der Waals surface area contributed by atoms with E-state index < -0.39 is 5.54 Å². The molecule has 19 heavy (non-hydrogen) atoms. The highest BCUT2D eigenvalue weighted by Gasteiger charge is 2.20. The monoisotopic (exact) mass is 257 g/mol. The van der Waals surface area contributed by atoms with Crippen molar-refractivity contribution in [2.24, 2.45) is 5.73 Å². The number of halogens is 1. The van der Waals surface area contributed by atoms with Crippen molar-refractivity contribution in [2.75, 3.05) is 0 Å². The highest BCUT2D eigenvalue weighted by Crippen LogP contribution is 2.24. The van der Waals surface area contributed by atoms with E-state index in [-0.39, 0.29) is 5.82 Å². The van der Waals surface area contributed by atoms with Crippen LogP contribution in [0, 0.1) is 5.82 Å². The molecule has 0 saturated heterocycles. The fourth-order valence-corrected chi connectivity index (χ4v) is 2.28. The van der Waals surface area contributed by atoms with E-state index in [2.05, 4.69) is 24.3 Å². The molecule has 1 unspecified atom stereocenters. The molecule has 0 radical (unpaired) electrons. The molecule has 2 aromatic rings. The average Bonchev–Trinajstić information content (AvgIpc) is 2.40. The SMILES string of the molecule is CC(N)(CCCc1ccccc1)c1ccc(F)cc1. The quantitative estimate of drug-likeness (QED) is 0.860. The van der Waals surface area contributed by atoms with Gasteiger partial charge in [0.25, 0.3) is 0 Å². The summed E-state index contributed by atoms with van der Waals surface area (Å²) in [6.45, 7) is 2.01. The third kappa shape index (κ3) is 3.90. The molecule has 0 heterocycles. The van der Waals surface area contributed by atoms with Crippen molar-refractivity contribution >= 4 is 0 Å². The second-order valence-corrected chi connectivity index (χ2v) is 5.26. The van der Waals surface area contributed by atoms with Gasteiger partial charge in [0.2, 0.25) is 0 Å². The van der Waals surface area contributed by atoms with Gasteiger partial charge < -0.3 is 5.73 Å². The maximum atomic E-state index is 12.9. The molecule has 2 N–H and O–H groups in total. The Kier molecular flexibility index (Phi) is 4.33. The summed E-state index contributed by atoms with van der Waals surface area (Å²) in [4.78, 5) is 0. The maximum absolute atomic E-state index is 12.9. The van der Waals surface area contributed by atoms with Crippen LogP contribution in [-0.2, 0) is 12.0 Å². The van der Waals surface area contributed by atoms with Crippen LogP contribution in [0.5, 0.6) is 0 Å². The summed E-state index contributed by atoms with van der Waals surface area (Å²) in [5.74, 6) is -0.219. The van der Waals surface area contributed by atoms with Crippen LogP contribution in [0.3, 0.4) is 0 Å². The molecule has 0 aromatic heterocycles. The topological polar surface area (TPSA) is 26.0 Å². The van der Waals surface area contributed by atoms with Gasteiger partial charge in [-0.25, -0.2) is 4.39 Å². The van der Waals surface area contributed by atoms with Crippen LogP contribution in [-0.4, -0.2) is 0 Å². The molecule has 0 fully saturated rings. The third-order valence-corrected chi connectivity index (χ3v) is 3.51. The predicted octanol–water partition coefficient (Wildman–Crippen LogP) is 4.02. The molecule has 1 atom stereocenters. The Morgan fingerprint density at radius 2 is 1.63 bits per heavy atom. The van der Waals surface area contributed by atoms with E-state index in [1.807, 2.05) is 13.0 Å². The van der Waals surface area contributed by atoms with Crippen molar-refractivity contribution in [1.29, 1.82) is 0 Å². The molecule has 100 valence electrons. The van der Waals surface area contributed by atoms with Crippen molar-refractivity contribution in [3.8, 4) is 0 Å². The third-order valence-electron chi connectivity index (χ3n) is 3.51. The molecule has 0 aliphatic rings. The van der Waals surface area contributed by atoms with Gasteiger partial charge in [0, 0.05) is 5.54 Å². The summed E-state index contributed by atoms with van der Waals surface area (Å²) in [5, 5.41) is 0. The highest BCUT2D eigenvalue weighted by atomic mass is 19.1. The first-order valence-corrected chi connectivity index (χ1v) is 6.67. The van der Waals surface area contributed by atoms with Crippen LogP contribution in [0.4, 0.5) is 4.39 Å². The Labute approximate surface area is 114 Å². The summed E-state index contributed by atoms with van der Waals surface area (Å²) >= 11 is 0. The summed E-state index contributed by atoms with van der Waals surface area (Å²) in [6, 6.07) is 16.9. The minimum atomic E-state index is -0.400. The maximum Gasteiger partial charge on any atom is 0.123 e. The standard InChI is InChI=1S/C17H20FN/c1-17(19,15-9-11-16(18)12-10-15)13-5-8-14-6-3-2-4-7-14/h2-4,6-7,9-12H,5,8,13,19H2,1H3. The molecule has 0 saturated carbocycles. The van der Waals surface area contributed by atoms with Crippen LogP contribution in [0.2, 0.25) is 0 Å². The fraction of sp³-hybridized carbons (Fsp3) is 0.294. The average molecular weight is 257 g/mol. The minimum Gasteiger partial charge on any atom is -0.322 e. The lowest BCUT2D eigenvalue weighted by Gasteiger charge is -2.25. The Hall–Kier alpha value is -1.67. The van der Waals surface area contributed by atoms with E-state index in [0.717, 1.165) is 24.8 Å². The van der Waals surface area contributed by atoms with Crippen molar-refractivity contribution in [3.05, 3.63) is 71.5 Å². The number of hydrogen-bond donors (Lipinski definition) is 1. The molecule has 2 rings (SSSR count). The van der Waals surface area contributed by atoms with E-state index in [9.17, 15) is 4.39 Å². The smallest absolute Gasteiger partial charge is 0.123 e. The van der Waals surface area contributed by atoms with Crippen LogP contribution in [0.15, 0.2) is 54.6 Å². The fourth-order valence-electron chi connectivity index (χ4n) is 2.28. The number of rotatable bonds is 5. The predicted molar refractivity (Wildman–Crippen MR) is 77.3 cm³/mol. The van der Waals surface area contributed by atoms with Crippen molar-refractivity contribution in [2.45, 2.75) is 31.7 Å². The molecular weight excluding hydrogens is 237 g/mol. The second-order valence-electron chi connectivity index (χ2n) is 5.26. The van der Waals surface area contributed by atoms with Gasteiger partial charge in [-0.1, -0.05) is 42.5 Å². The Morgan fingerprint density at radius 1 is 1.00 bits per heavy atom. The van der Waals surface area contributed by atoms with Gasteiger partial charge in [0.1, 0.15) is 5.82 Å². The first-order valence-electron chi connectivity index (χ1n) is 6.67. The van der Waals surface area contributed by atoms with Crippen LogP contribution in [0.1, 0.15) is 30.9 Å². The van der Waals surface area contributed by atoms with E-state index in [1.165, 1.54) is 17.7 Å². The first-order chi connectivity index (χ1) is 9.08. The van der Waals surface area contributed by atoms with E-state index in [1.54, 1.807) is 12.1 Å². The molecule has 1 nitrogen and oxygen atoms in total. The van der Waals surface area contributed by atoms with Gasteiger partial charge in [-0.2, -0.15) is 0 Å². The largest absolute Gasteiger partial charge is 0.322 e. The molecule has 0 spiro atoms. The number of nitrogens with two attached hydrogens (primary N) is 1. The molecular formula is C17H20FN. The zero-order chi connectivity index (χ0) is 13.7. The number of aryl methyl sites for hydroxylation is 1. The molecule has 0 aliphatic carbocycles. The normalized spacial score (nSPS) is 14.1. The van der Waals surface area contributed by atoms with Crippen LogP contribution >= 0.6 is 0 Å². The molecule has 2 aromatic carbocycles. The summed E-state index contributed by atoms with van der Waals surface area (Å²) in [5.41, 5.74) is 8.25. The van der Waals surface area contributed by atoms with Crippen LogP contribution < -0.4 is 5.73 Å². The van der Waals surface area contributed by atoms with Gasteiger partial charge in [0.05, 0.1) is 0 Å². The van der Waals surface area contributed by atoms with Gasteiger partial charge in [-0.15, -0.1) is 0 Å². The van der Waals surface area contributed by atoms with Crippen LogP contribution in [0.25, 0.3) is 0 Å². The lowest BCUT2D eigenvalue weighted by molar-refractivity contribution is 0.435. The van der Waals surface area contributed by atoms with E-state index in [4.69, 9.17) is 5.73 Å². The molecule has 0 amide bonds. The van der Waals surface area contributed by atoms with Gasteiger partial charge in [0.15, 0.2) is 0 Å². The van der Waals surface area contributed by atoms with Crippen molar-refractivity contribution in [3.63, 3.8) is 0 Å². The number of benzene rings is 2. The van der Waals surface area contributed by atoms with Gasteiger partial charge in [-0.05, 0) is 49.4 Å². The van der Waals surface area contributed by atoms with E-state index in [0.29, 0.717) is 0 Å². The van der Waals surface area contributed by atoms with Crippen molar-refractivity contribution < 1.29 is 4.39 Å². The van der Waals surface area contributed by atoms with Crippen molar-refractivity contribution in [1.82, 2.24) is 0 Å². The summed E-state index contributed by atoms with van der Waals surface area (Å²) in [6.07, 6.45) is 2.93. The van der Waals surface area contributed by atoms with E-state index >= 15 is 0 Å². The van der Waals surface area contributed by atoms with Gasteiger partial charge >= 0.3 is 0 Å². The second kappa shape index (κ2) is 5.98. The first kappa shape index (κ1) is 13.8. The lowest BCUT2D eigenvalue weighted by Crippen LogP contribution is -2.33. The summed E-state index contributed by atoms with van der Waals surface area (Å²) in [7, 11) is 0. The van der Waals surface area contributed by atoms with Gasteiger partial charge in [-0.3, -0.25) is 0 Å². The molecule has 0 aliphatic heterocycles. The molecule has 0 bridgehead atoms. The Balaban J connectivity index is 1.92. The zero-order valence-electron chi connectivity index (χ0n) is 11.3. The molecule has 2 heteroatoms. The zero-order valence-corrected chi connectivity index (χ0v) is 11.3. The highest BCUT2D eigenvalue weighted by molar-refractivity contribution is 5.24. The minimum absolute atomic E-state index is 0.219.